The third-order valence-corrected chi connectivity index (χ3v) is 3.47. The molecule has 1 aliphatic heterocycles. The Balaban J connectivity index is 2.01. The maximum absolute atomic E-state index is 6.08. The molecule has 3 heterocycles. The zero-order valence-electron chi connectivity index (χ0n) is 9.74. The highest BCUT2D eigenvalue weighted by atomic mass is 32.2. The van der Waals surface area contributed by atoms with E-state index in [1.807, 2.05) is 29.5 Å². The van der Waals surface area contributed by atoms with Crippen LogP contribution in [0.4, 0.5) is 5.95 Å². The molecule has 1 unspecified atom stereocenters. The fraction of sp³-hybridized carbons (Fsp3) is 0.182. The minimum atomic E-state index is -0.211. The highest BCUT2D eigenvalue weighted by Gasteiger charge is 2.28. The first-order valence-electron chi connectivity index (χ1n) is 5.45. The summed E-state index contributed by atoms with van der Waals surface area (Å²) in [5, 5.41) is 8.75. The monoisotopic (exact) mass is 260 g/mol. The molecule has 18 heavy (non-hydrogen) atoms. The van der Waals surface area contributed by atoms with Gasteiger partial charge in [0.1, 0.15) is 5.50 Å². The number of nitrogens with two attached hydrogens (primary N) is 1. The molecule has 0 radical (unpaired) electrons. The Morgan fingerprint density at radius 1 is 1.50 bits per heavy atom. The van der Waals surface area contributed by atoms with E-state index in [1.54, 1.807) is 12.4 Å². The Kier molecular flexibility index (Phi) is 2.77. The van der Waals surface area contributed by atoms with Crippen LogP contribution >= 0.6 is 11.8 Å². The van der Waals surface area contributed by atoms with E-state index in [1.165, 1.54) is 11.8 Å². The van der Waals surface area contributed by atoms with Crippen molar-refractivity contribution < 1.29 is 0 Å². The minimum Gasteiger partial charge on any atom is -0.302 e. The van der Waals surface area contributed by atoms with Gasteiger partial charge in [-0.1, -0.05) is 11.8 Å². The normalized spacial score (nSPS) is 19.1. The molecule has 1 aliphatic rings. The number of hydrogen-bond acceptors (Lipinski definition) is 6. The third-order valence-electron chi connectivity index (χ3n) is 2.62. The molecular formula is C11H12N6S. The van der Waals surface area contributed by atoms with Crippen LogP contribution in [-0.4, -0.2) is 25.7 Å². The first-order chi connectivity index (χ1) is 8.75. The summed E-state index contributed by atoms with van der Waals surface area (Å²) in [5.74, 6) is 0.611. The van der Waals surface area contributed by atoms with Crippen molar-refractivity contribution in [2.45, 2.75) is 12.4 Å². The number of nitrogens with one attached hydrogen (secondary N) is 1. The van der Waals surface area contributed by atoms with Gasteiger partial charge in [-0.15, -0.1) is 0 Å². The number of rotatable bonds is 2. The summed E-state index contributed by atoms with van der Waals surface area (Å²) >= 11 is 1.53. The average molecular weight is 260 g/mol. The molecule has 3 N–H and O–H groups in total. The molecule has 92 valence electrons. The Labute approximate surface area is 108 Å². The van der Waals surface area contributed by atoms with Crippen molar-refractivity contribution in [3.05, 3.63) is 41.3 Å². The molecule has 0 saturated heterocycles. The lowest BCUT2D eigenvalue weighted by Crippen LogP contribution is -2.35. The molecule has 2 aromatic heterocycles. The van der Waals surface area contributed by atoms with Crippen LogP contribution in [-0.2, 0) is 0 Å². The van der Waals surface area contributed by atoms with Gasteiger partial charge in [0, 0.05) is 23.7 Å². The van der Waals surface area contributed by atoms with Gasteiger partial charge < -0.3 is 5.73 Å². The van der Waals surface area contributed by atoms with Crippen molar-refractivity contribution in [3.63, 3.8) is 0 Å². The Bertz CT molecular complexity index is 579. The van der Waals surface area contributed by atoms with Crippen molar-refractivity contribution in [1.82, 2.24) is 20.2 Å². The number of nitrogens with zero attached hydrogens (tertiary/aromatic N) is 4. The molecule has 0 saturated carbocycles. The zero-order chi connectivity index (χ0) is 12.5. The summed E-state index contributed by atoms with van der Waals surface area (Å²) < 4.78 is 0. The molecule has 0 spiro atoms. The van der Waals surface area contributed by atoms with Gasteiger partial charge in [-0.25, -0.2) is 9.97 Å². The highest BCUT2D eigenvalue weighted by molar-refractivity contribution is 8.03. The number of anilines is 1. The van der Waals surface area contributed by atoms with Gasteiger partial charge >= 0.3 is 0 Å². The summed E-state index contributed by atoms with van der Waals surface area (Å²) in [6.07, 6.45) is 5.32. The predicted octanol–water partition coefficient (Wildman–Crippen LogP) is 1.30. The standard InChI is InChI=1S/C11H12N6S/c1-7-2-3-13-11(16-7)17-9(6-18-10(17)12)8-4-14-15-5-8/h2-6,10H,12H2,1H3,(H,14,15). The molecule has 3 rings (SSSR count). The fourth-order valence-corrected chi connectivity index (χ4v) is 2.61. The van der Waals surface area contributed by atoms with Gasteiger partial charge in [-0.3, -0.25) is 10.00 Å². The van der Waals surface area contributed by atoms with Crippen LogP contribution in [0.1, 0.15) is 11.3 Å². The largest absolute Gasteiger partial charge is 0.302 e. The molecule has 0 aliphatic carbocycles. The topological polar surface area (TPSA) is 83.7 Å². The van der Waals surface area contributed by atoms with E-state index in [4.69, 9.17) is 5.73 Å². The van der Waals surface area contributed by atoms with E-state index >= 15 is 0 Å². The van der Waals surface area contributed by atoms with Crippen LogP contribution in [0.15, 0.2) is 30.1 Å². The van der Waals surface area contributed by atoms with E-state index in [0.717, 1.165) is 17.0 Å². The van der Waals surface area contributed by atoms with Gasteiger partial charge in [0.2, 0.25) is 5.95 Å². The Morgan fingerprint density at radius 3 is 3.11 bits per heavy atom. The predicted molar refractivity (Wildman–Crippen MR) is 71.4 cm³/mol. The number of aromatic amines is 1. The second-order valence-electron chi connectivity index (χ2n) is 3.88. The summed E-state index contributed by atoms with van der Waals surface area (Å²) in [5.41, 5.74) is 8.72. The lowest BCUT2D eigenvalue weighted by Gasteiger charge is -2.23. The SMILES string of the molecule is Cc1ccnc(N2C(c3cn[nH]c3)=CSC2N)n1. The highest BCUT2D eigenvalue weighted by Crippen LogP contribution is 2.36. The molecule has 2 aromatic rings. The van der Waals surface area contributed by atoms with E-state index in [9.17, 15) is 0 Å². The summed E-state index contributed by atoms with van der Waals surface area (Å²) in [6.45, 7) is 1.93. The van der Waals surface area contributed by atoms with Crippen LogP contribution in [0.25, 0.3) is 5.70 Å². The van der Waals surface area contributed by atoms with Crippen LogP contribution in [0.2, 0.25) is 0 Å². The van der Waals surface area contributed by atoms with Crippen molar-refractivity contribution in [2.75, 3.05) is 4.90 Å². The van der Waals surface area contributed by atoms with Crippen molar-refractivity contribution in [1.29, 1.82) is 0 Å². The smallest absolute Gasteiger partial charge is 0.232 e. The van der Waals surface area contributed by atoms with Gasteiger partial charge in [0.25, 0.3) is 0 Å². The molecule has 0 amide bonds. The van der Waals surface area contributed by atoms with Gasteiger partial charge in [0.05, 0.1) is 11.9 Å². The second-order valence-corrected chi connectivity index (χ2v) is 4.88. The average Bonchev–Trinajstić information content (AvgIpc) is 2.97. The fourth-order valence-electron chi connectivity index (χ4n) is 1.76. The quantitative estimate of drug-likeness (QED) is 0.846. The van der Waals surface area contributed by atoms with Gasteiger partial charge in [0.15, 0.2) is 0 Å². The van der Waals surface area contributed by atoms with Gasteiger partial charge in [-0.2, -0.15) is 5.10 Å². The first kappa shape index (κ1) is 11.2. The maximum atomic E-state index is 6.08. The summed E-state index contributed by atoms with van der Waals surface area (Å²) in [6, 6.07) is 1.86. The van der Waals surface area contributed by atoms with Crippen molar-refractivity contribution >= 4 is 23.4 Å². The van der Waals surface area contributed by atoms with Gasteiger partial charge in [-0.05, 0) is 18.4 Å². The maximum Gasteiger partial charge on any atom is 0.232 e. The van der Waals surface area contributed by atoms with Crippen LogP contribution in [0.3, 0.4) is 0 Å². The molecule has 6 nitrogen and oxygen atoms in total. The lowest BCUT2D eigenvalue weighted by atomic mass is 10.2. The van der Waals surface area contributed by atoms with Crippen LogP contribution < -0.4 is 10.6 Å². The molecule has 1 atom stereocenters. The molecule has 0 aromatic carbocycles. The number of thioether (sulfide) groups is 1. The van der Waals surface area contributed by atoms with Crippen LogP contribution in [0.5, 0.6) is 0 Å². The molecule has 7 heteroatoms. The zero-order valence-corrected chi connectivity index (χ0v) is 10.6. The van der Waals surface area contributed by atoms with E-state index < -0.39 is 0 Å². The number of hydrogen-bond donors (Lipinski definition) is 2. The Hall–Kier alpha value is -1.86. The summed E-state index contributed by atoms with van der Waals surface area (Å²) in [7, 11) is 0. The lowest BCUT2D eigenvalue weighted by molar-refractivity contribution is 0.880. The molecular weight excluding hydrogens is 248 g/mol. The van der Waals surface area contributed by atoms with Crippen molar-refractivity contribution in [3.8, 4) is 0 Å². The van der Waals surface area contributed by atoms with E-state index in [-0.39, 0.29) is 5.50 Å². The molecule has 0 bridgehead atoms. The number of aryl methyl sites for hydroxylation is 1. The number of H-pyrrole nitrogens is 1. The minimum absolute atomic E-state index is 0.211. The van der Waals surface area contributed by atoms with E-state index in [2.05, 4.69) is 20.2 Å². The molecule has 0 fully saturated rings. The first-order valence-corrected chi connectivity index (χ1v) is 6.39. The van der Waals surface area contributed by atoms with Crippen LogP contribution in [0, 0.1) is 6.92 Å². The number of aromatic nitrogens is 4. The van der Waals surface area contributed by atoms with E-state index in [0.29, 0.717) is 5.95 Å². The third kappa shape index (κ3) is 1.87. The summed E-state index contributed by atoms with van der Waals surface area (Å²) in [4.78, 5) is 10.6. The second kappa shape index (κ2) is 4.43. The van der Waals surface area contributed by atoms with Crippen molar-refractivity contribution in [2.24, 2.45) is 5.73 Å². The Morgan fingerprint density at radius 2 is 2.39 bits per heavy atom.